The van der Waals surface area contributed by atoms with Crippen LogP contribution >= 0.6 is 0 Å². The number of methoxy groups -OCH3 is 2. The average Bonchev–Trinajstić information content (AvgIpc) is 3.32. The van der Waals surface area contributed by atoms with Crippen LogP contribution < -0.4 is 14.8 Å². The molecular formula is C33H32F2N4O5. The van der Waals surface area contributed by atoms with Gasteiger partial charge in [-0.05, 0) is 49.2 Å². The minimum atomic E-state index is -1.75. The molecule has 1 aliphatic rings. The Hall–Kier alpha value is -4.90. The van der Waals surface area contributed by atoms with Crippen LogP contribution in [-0.2, 0) is 29.9 Å². The van der Waals surface area contributed by atoms with Gasteiger partial charge in [0.25, 0.3) is 11.8 Å². The Morgan fingerprint density at radius 2 is 1.73 bits per heavy atom. The molecule has 5 rings (SSSR count). The van der Waals surface area contributed by atoms with Gasteiger partial charge in [-0.25, -0.2) is 18.7 Å². The molecule has 1 unspecified atom stereocenters. The largest absolute Gasteiger partial charge is 0.497 e. The van der Waals surface area contributed by atoms with Crippen LogP contribution in [0.4, 0.5) is 8.78 Å². The first-order chi connectivity index (χ1) is 21.1. The van der Waals surface area contributed by atoms with Crippen LogP contribution in [0.15, 0.2) is 60.7 Å². The minimum Gasteiger partial charge on any atom is -0.497 e. The Morgan fingerprint density at radius 3 is 2.36 bits per heavy atom. The van der Waals surface area contributed by atoms with E-state index in [2.05, 4.69) is 15.3 Å². The van der Waals surface area contributed by atoms with Crippen molar-refractivity contribution in [3.05, 3.63) is 106 Å². The van der Waals surface area contributed by atoms with Gasteiger partial charge < -0.3 is 24.8 Å². The van der Waals surface area contributed by atoms with Crippen molar-refractivity contribution >= 4 is 11.8 Å². The fraction of sp³-hybridized carbons (Fsp3) is 0.273. The first-order valence-corrected chi connectivity index (χ1v) is 14.0. The smallest absolute Gasteiger partial charge is 0.258 e. The molecule has 4 aromatic rings. The van der Waals surface area contributed by atoms with Crippen LogP contribution in [0.2, 0.25) is 0 Å². The highest BCUT2D eigenvalue weighted by Gasteiger charge is 2.35. The van der Waals surface area contributed by atoms with Gasteiger partial charge in [-0.1, -0.05) is 30.3 Å². The maximum absolute atomic E-state index is 14.8. The maximum Gasteiger partial charge on any atom is 0.258 e. The van der Waals surface area contributed by atoms with Gasteiger partial charge >= 0.3 is 0 Å². The van der Waals surface area contributed by atoms with Crippen molar-refractivity contribution in [1.82, 2.24) is 20.2 Å². The van der Waals surface area contributed by atoms with E-state index in [0.29, 0.717) is 40.6 Å². The molecule has 228 valence electrons. The summed E-state index contributed by atoms with van der Waals surface area (Å²) in [5, 5.41) is 13.4. The molecule has 0 spiro atoms. The zero-order chi connectivity index (χ0) is 31.6. The number of benzene rings is 3. The van der Waals surface area contributed by atoms with Crippen LogP contribution in [-0.4, -0.2) is 52.6 Å². The normalized spacial score (nSPS) is 13.8. The van der Waals surface area contributed by atoms with Crippen molar-refractivity contribution < 1.29 is 33.0 Å². The predicted octanol–water partition coefficient (Wildman–Crippen LogP) is 4.53. The van der Waals surface area contributed by atoms with E-state index in [0.717, 1.165) is 17.7 Å². The van der Waals surface area contributed by atoms with Crippen molar-refractivity contribution in [3.63, 3.8) is 0 Å². The lowest BCUT2D eigenvalue weighted by Crippen LogP contribution is -2.42. The lowest BCUT2D eigenvalue weighted by atomic mass is 9.93. The molecule has 0 aliphatic carbocycles. The number of nitrogens with zero attached hydrogens (tertiary/aromatic N) is 3. The highest BCUT2D eigenvalue weighted by Crippen LogP contribution is 2.33. The van der Waals surface area contributed by atoms with Gasteiger partial charge in [-0.15, -0.1) is 0 Å². The van der Waals surface area contributed by atoms with Gasteiger partial charge in [-0.3, -0.25) is 9.59 Å². The Kier molecular flexibility index (Phi) is 8.59. The maximum atomic E-state index is 14.8. The summed E-state index contributed by atoms with van der Waals surface area (Å²) in [5.41, 5.74) is 0.586. The fourth-order valence-corrected chi connectivity index (χ4v) is 5.20. The summed E-state index contributed by atoms with van der Waals surface area (Å²) < 4.78 is 40.4. The molecule has 11 heteroatoms. The van der Waals surface area contributed by atoms with Crippen molar-refractivity contribution in [1.29, 1.82) is 0 Å². The molecule has 1 aromatic heterocycles. The first kappa shape index (κ1) is 30.6. The van der Waals surface area contributed by atoms with E-state index in [4.69, 9.17) is 9.47 Å². The zero-order valence-electron chi connectivity index (χ0n) is 24.8. The molecule has 0 bridgehead atoms. The standard InChI is InChI=1S/C33H32F2N4O5/c1-5-36-32(41)33(2,42)21-12-9-19(10-13-21)15-25-29-26(38-30(37-25)28-23(34)7-6-8-24(28)35)18-39(31(29)40)17-20-11-14-22(43-3)16-27(20)44-4/h6-14,16,42H,5,15,17-18H2,1-4H3,(H,36,41). The number of amides is 2. The van der Waals surface area contributed by atoms with Crippen molar-refractivity contribution in [3.8, 4) is 22.9 Å². The van der Waals surface area contributed by atoms with Crippen molar-refractivity contribution in [2.45, 2.75) is 39.0 Å². The summed E-state index contributed by atoms with van der Waals surface area (Å²) in [6.45, 7) is 3.82. The second-order valence-corrected chi connectivity index (χ2v) is 10.6. The third kappa shape index (κ3) is 5.83. The van der Waals surface area contributed by atoms with Crippen LogP contribution in [0.3, 0.4) is 0 Å². The van der Waals surface area contributed by atoms with Gasteiger partial charge in [0.2, 0.25) is 0 Å². The van der Waals surface area contributed by atoms with Gasteiger partial charge in [0.1, 0.15) is 23.1 Å². The lowest BCUT2D eigenvalue weighted by Gasteiger charge is -2.22. The molecule has 1 atom stereocenters. The number of hydrogen-bond donors (Lipinski definition) is 2. The Labute approximate surface area is 253 Å². The Morgan fingerprint density at radius 1 is 1.02 bits per heavy atom. The summed E-state index contributed by atoms with van der Waals surface area (Å²) in [6, 6.07) is 15.5. The molecule has 0 saturated carbocycles. The molecular weight excluding hydrogens is 570 g/mol. The molecule has 44 heavy (non-hydrogen) atoms. The quantitative estimate of drug-likeness (QED) is 0.274. The third-order valence-electron chi connectivity index (χ3n) is 7.61. The number of hydrogen-bond acceptors (Lipinski definition) is 7. The van der Waals surface area contributed by atoms with Crippen LogP contribution in [0, 0.1) is 11.6 Å². The van der Waals surface area contributed by atoms with E-state index in [1.807, 2.05) is 0 Å². The summed E-state index contributed by atoms with van der Waals surface area (Å²) >= 11 is 0. The molecule has 9 nitrogen and oxygen atoms in total. The lowest BCUT2D eigenvalue weighted by molar-refractivity contribution is -0.138. The number of nitrogens with one attached hydrogen (secondary N) is 1. The number of fused-ring (bicyclic) bond motifs is 1. The number of aromatic nitrogens is 2. The number of rotatable bonds is 10. The van der Waals surface area contributed by atoms with Crippen LogP contribution in [0.25, 0.3) is 11.4 Å². The number of halogens is 2. The molecule has 0 fully saturated rings. The zero-order valence-corrected chi connectivity index (χ0v) is 24.8. The van der Waals surface area contributed by atoms with E-state index in [1.54, 1.807) is 61.4 Å². The number of carbonyl (C=O) groups is 2. The van der Waals surface area contributed by atoms with Crippen molar-refractivity contribution in [2.24, 2.45) is 0 Å². The van der Waals surface area contributed by atoms with Crippen molar-refractivity contribution in [2.75, 3.05) is 20.8 Å². The second-order valence-electron chi connectivity index (χ2n) is 10.6. The highest BCUT2D eigenvalue weighted by atomic mass is 19.1. The summed E-state index contributed by atoms with van der Waals surface area (Å²) in [7, 11) is 3.07. The fourth-order valence-electron chi connectivity index (χ4n) is 5.20. The monoisotopic (exact) mass is 602 g/mol. The van der Waals surface area contributed by atoms with Gasteiger partial charge in [0.15, 0.2) is 11.4 Å². The van der Waals surface area contributed by atoms with E-state index in [-0.39, 0.29) is 42.4 Å². The summed E-state index contributed by atoms with van der Waals surface area (Å²) in [6.07, 6.45) is 0.128. The van der Waals surface area contributed by atoms with E-state index < -0.39 is 23.1 Å². The molecule has 0 radical (unpaired) electrons. The number of ether oxygens (including phenoxy) is 2. The second kappa shape index (κ2) is 12.4. The summed E-state index contributed by atoms with van der Waals surface area (Å²) in [5.74, 6) is -1.53. The van der Waals surface area contributed by atoms with E-state index in [1.165, 1.54) is 20.1 Å². The minimum absolute atomic E-state index is 0.0935. The third-order valence-corrected chi connectivity index (χ3v) is 7.61. The molecule has 0 saturated heterocycles. The number of aliphatic hydroxyl groups is 1. The topological polar surface area (TPSA) is 114 Å². The van der Waals surface area contributed by atoms with E-state index >= 15 is 0 Å². The molecule has 2 heterocycles. The molecule has 2 N–H and O–H groups in total. The van der Waals surface area contributed by atoms with Gasteiger partial charge in [-0.2, -0.15) is 0 Å². The first-order valence-electron chi connectivity index (χ1n) is 14.0. The number of carbonyl (C=O) groups excluding carboxylic acids is 2. The predicted molar refractivity (Wildman–Crippen MR) is 158 cm³/mol. The van der Waals surface area contributed by atoms with Gasteiger partial charge in [0, 0.05) is 24.6 Å². The molecule has 2 amide bonds. The Bertz CT molecular complexity index is 1710. The van der Waals surface area contributed by atoms with Crippen LogP contribution in [0.1, 0.15) is 52.3 Å². The summed E-state index contributed by atoms with van der Waals surface area (Å²) in [4.78, 5) is 36.7. The SMILES string of the molecule is CCNC(=O)C(C)(O)c1ccc(Cc2nc(-c3c(F)cccc3F)nc3c2C(=O)N(Cc2ccc(OC)cc2OC)C3)cc1. The number of likely N-dealkylation sites (N-methyl/N-ethyl adjacent to an activating group) is 1. The molecule has 1 aliphatic heterocycles. The van der Waals surface area contributed by atoms with Gasteiger partial charge in [0.05, 0.1) is 49.8 Å². The average molecular weight is 603 g/mol. The molecule has 3 aromatic carbocycles. The highest BCUT2D eigenvalue weighted by molar-refractivity contribution is 5.99. The Balaban J connectivity index is 1.52. The van der Waals surface area contributed by atoms with E-state index in [9.17, 15) is 23.5 Å². The van der Waals surface area contributed by atoms with Crippen LogP contribution in [0.5, 0.6) is 11.5 Å².